The molecule has 0 unspecified atom stereocenters. The van der Waals surface area contributed by atoms with Gasteiger partial charge in [0, 0.05) is 12.4 Å². The quantitative estimate of drug-likeness (QED) is 0.828. The maximum Gasteiger partial charge on any atom is 0.250 e. The van der Waals surface area contributed by atoms with Gasteiger partial charge in [-0.2, -0.15) is 0 Å². The number of halogens is 2. The lowest BCUT2D eigenvalue weighted by Gasteiger charge is -2.26. The molecular formula is C12H17Cl2NO2S2. The average Bonchev–Trinajstić information content (AvgIpc) is 2.96. The summed E-state index contributed by atoms with van der Waals surface area (Å²) < 4.78 is 27.9. The number of hydrogen-bond acceptors (Lipinski definition) is 3. The molecule has 0 spiro atoms. The van der Waals surface area contributed by atoms with E-state index in [4.69, 9.17) is 23.2 Å². The van der Waals surface area contributed by atoms with E-state index in [2.05, 4.69) is 4.72 Å². The largest absolute Gasteiger partial charge is 0.250 e. The number of sulfonamides is 1. The standard InChI is InChI=1S/C12H17Cl2NO2S2/c1-9-6-10(18-11(9)14)19(16,17)15-8-12(7-13)4-2-3-5-12/h6,15H,2-5,7-8H2,1H3. The summed E-state index contributed by atoms with van der Waals surface area (Å²) in [5, 5.41) is 0. The van der Waals surface area contributed by atoms with Gasteiger partial charge in [-0.3, -0.25) is 0 Å². The minimum atomic E-state index is -3.47. The SMILES string of the molecule is Cc1cc(S(=O)(=O)NCC2(CCl)CCCC2)sc1Cl. The second-order valence-electron chi connectivity index (χ2n) is 5.19. The fourth-order valence-electron chi connectivity index (χ4n) is 2.37. The van der Waals surface area contributed by atoms with Crippen molar-refractivity contribution in [1.82, 2.24) is 4.72 Å². The molecule has 1 aromatic rings. The van der Waals surface area contributed by atoms with Gasteiger partial charge < -0.3 is 0 Å². The zero-order valence-electron chi connectivity index (χ0n) is 10.7. The fourth-order valence-corrected chi connectivity index (χ4v) is 5.64. The maximum absolute atomic E-state index is 12.2. The van der Waals surface area contributed by atoms with E-state index in [1.54, 1.807) is 13.0 Å². The monoisotopic (exact) mass is 341 g/mol. The van der Waals surface area contributed by atoms with Crippen LogP contribution in [0.5, 0.6) is 0 Å². The first kappa shape index (κ1) is 15.6. The zero-order chi connectivity index (χ0) is 14.1. The Hall–Kier alpha value is 0.190. The summed E-state index contributed by atoms with van der Waals surface area (Å²) >= 11 is 13.0. The van der Waals surface area contributed by atoms with Crippen molar-refractivity contribution in [2.45, 2.75) is 36.8 Å². The van der Waals surface area contributed by atoms with Crippen LogP contribution in [0, 0.1) is 12.3 Å². The molecule has 1 aliphatic rings. The molecule has 1 heterocycles. The van der Waals surface area contributed by atoms with Gasteiger partial charge in [0.05, 0.1) is 4.34 Å². The van der Waals surface area contributed by atoms with Crippen molar-refractivity contribution in [3.8, 4) is 0 Å². The summed E-state index contributed by atoms with van der Waals surface area (Å²) in [5.41, 5.74) is 0.713. The van der Waals surface area contributed by atoms with Gasteiger partial charge in [-0.05, 0) is 36.8 Å². The van der Waals surface area contributed by atoms with E-state index in [9.17, 15) is 8.42 Å². The average molecular weight is 342 g/mol. The fraction of sp³-hybridized carbons (Fsp3) is 0.667. The molecule has 7 heteroatoms. The van der Waals surface area contributed by atoms with E-state index >= 15 is 0 Å². The van der Waals surface area contributed by atoms with Gasteiger partial charge in [0.2, 0.25) is 10.0 Å². The summed E-state index contributed by atoms with van der Waals surface area (Å²) in [6.07, 6.45) is 4.23. The first-order valence-electron chi connectivity index (χ1n) is 6.20. The molecule has 0 aliphatic heterocycles. The second-order valence-corrected chi connectivity index (χ2v) is 9.10. The molecule has 0 bridgehead atoms. The number of hydrogen-bond donors (Lipinski definition) is 1. The first-order chi connectivity index (χ1) is 8.88. The Balaban J connectivity index is 2.09. The molecule has 1 aromatic heterocycles. The molecule has 1 N–H and O–H groups in total. The van der Waals surface area contributed by atoms with E-state index in [0.717, 1.165) is 42.6 Å². The number of alkyl halides is 1. The molecule has 108 valence electrons. The molecule has 19 heavy (non-hydrogen) atoms. The van der Waals surface area contributed by atoms with Gasteiger partial charge in [-0.25, -0.2) is 13.1 Å². The predicted octanol–water partition coefficient (Wildman–Crippen LogP) is 3.79. The van der Waals surface area contributed by atoms with Crippen LogP contribution in [0.3, 0.4) is 0 Å². The maximum atomic E-state index is 12.2. The molecular weight excluding hydrogens is 325 g/mol. The van der Waals surface area contributed by atoms with Crippen molar-refractivity contribution in [2.75, 3.05) is 12.4 Å². The molecule has 0 radical (unpaired) electrons. The highest BCUT2D eigenvalue weighted by atomic mass is 35.5. The molecule has 0 saturated heterocycles. The van der Waals surface area contributed by atoms with E-state index in [-0.39, 0.29) is 9.62 Å². The minimum absolute atomic E-state index is 0.0786. The number of aryl methyl sites for hydroxylation is 1. The van der Waals surface area contributed by atoms with Crippen LogP contribution >= 0.6 is 34.5 Å². The Morgan fingerprint density at radius 2 is 2.05 bits per heavy atom. The van der Waals surface area contributed by atoms with Gasteiger partial charge in [0.1, 0.15) is 4.21 Å². The van der Waals surface area contributed by atoms with Crippen molar-refractivity contribution in [1.29, 1.82) is 0 Å². The molecule has 1 fully saturated rings. The molecule has 2 rings (SSSR count). The first-order valence-corrected chi connectivity index (χ1v) is 9.41. The highest BCUT2D eigenvalue weighted by Crippen LogP contribution is 2.39. The Morgan fingerprint density at radius 3 is 2.53 bits per heavy atom. The third-order valence-corrected chi connectivity index (χ3v) is 7.68. The van der Waals surface area contributed by atoms with Crippen molar-refractivity contribution >= 4 is 44.6 Å². The normalized spacial score (nSPS) is 18.9. The van der Waals surface area contributed by atoms with Crippen LogP contribution in [0.25, 0.3) is 0 Å². The van der Waals surface area contributed by atoms with Crippen LogP contribution in [0.15, 0.2) is 10.3 Å². The molecule has 1 aliphatic carbocycles. The van der Waals surface area contributed by atoms with Crippen LogP contribution < -0.4 is 4.72 Å². The van der Waals surface area contributed by atoms with Crippen molar-refractivity contribution in [2.24, 2.45) is 5.41 Å². The lowest BCUT2D eigenvalue weighted by Crippen LogP contribution is -2.36. The van der Waals surface area contributed by atoms with Crippen LogP contribution in [0.4, 0.5) is 0 Å². The van der Waals surface area contributed by atoms with Crippen LogP contribution in [-0.2, 0) is 10.0 Å². The summed E-state index contributed by atoms with van der Waals surface area (Å²) in [6, 6.07) is 1.61. The van der Waals surface area contributed by atoms with Crippen molar-refractivity contribution in [3.05, 3.63) is 16.0 Å². The van der Waals surface area contributed by atoms with E-state index in [0.29, 0.717) is 16.8 Å². The second kappa shape index (κ2) is 5.90. The van der Waals surface area contributed by atoms with E-state index in [1.165, 1.54) is 0 Å². The Labute approximate surface area is 128 Å². The van der Waals surface area contributed by atoms with Crippen LogP contribution in [-0.4, -0.2) is 20.8 Å². The highest BCUT2D eigenvalue weighted by molar-refractivity contribution is 7.91. The predicted molar refractivity (Wildman–Crippen MR) is 80.9 cm³/mol. The van der Waals surface area contributed by atoms with E-state index < -0.39 is 10.0 Å². The lowest BCUT2D eigenvalue weighted by atomic mass is 9.89. The third-order valence-electron chi connectivity index (χ3n) is 3.68. The van der Waals surface area contributed by atoms with Gasteiger partial charge in [-0.1, -0.05) is 24.4 Å². The minimum Gasteiger partial charge on any atom is -0.210 e. The van der Waals surface area contributed by atoms with Crippen LogP contribution in [0.1, 0.15) is 31.2 Å². The Morgan fingerprint density at radius 1 is 1.42 bits per heavy atom. The van der Waals surface area contributed by atoms with Gasteiger partial charge >= 0.3 is 0 Å². The summed E-state index contributed by atoms with van der Waals surface area (Å²) in [6.45, 7) is 2.21. The van der Waals surface area contributed by atoms with Crippen molar-refractivity contribution in [3.63, 3.8) is 0 Å². The van der Waals surface area contributed by atoms with E-state index in [1.807, 2.05) is 0 Å². The smallest absolute Gasteiger partial charge is 0.210 e. The van der Waals surface area contributed by atoms with Gasteiger partial charge in [0.25, 0.3) is 0 Å². The lowest BCUT2D eigenvalue weighted by molar-refractivity contribution is 0.342. The zero-order valence-corrected chi connectivity index (χ0v) is 13.9. The highest BCUT2D eigenvalue weighted by Gasteiger charge is 2.34. The third kappa shape index (κ3) is 3.45. The topological polar surface area (TPSA) is 46.2 Å². The molecule has 3 nitrogen and oxygen atoms in total. The summed E-state index contributed by atoms with van der Waals surface area (Å²) in [4.78, 5) is 0. The number of thiophene rings is 1. The Kier molecular flexibility index (Phi) is 4.83. The van der Waals surface area contributed by atoms with Crippen LogP contribution in [0.2, 0.25) is 4.34 Å². The van der Waals surface area contributed by atoms with Crippen molar-refractivity contribution < 1.29 is 8.42 Å². The molecule has 0 amide bonds. The summed E-state index contributed by atoms with van der Waals surface area (Å²) in [7, 11) is -3.47. The summed E-state index contributed by atoms with van der Waals surface area (Å²) in [5.74, 6) is 0.500. The van der Waals surface area contributed by atoms with Gasteiger partial charge in [0.15, 0.2) is 0 Å². The number of nitrogens with one attached hydrogen (secondary N) is 1. The van der Waals surface area contributed by atoms with Gasteiger partial charge in [-0.15, -0.1) is 22.9 Å². The number of rotatable bonds is 5. The molecule has 1 saturated carbocycles. The molecule has 0 atom stereocenters. The Bertz CT molecular complexity index is 529. The molecule has 0 aromatic carbocycles.